The number of ether oxygens (including phenoxy) is 2. The Hall–Kier alpha value is -2.80. The van der Waals surface area contributed by atoms with Crippen molar-refractivity contribution < 1.29 is 22.7 Å². The maximum Gasteiger partial charge on any atom is 0.258 e. The summed E-state index contributed by atoms with van der Waals surface area (Å²) in [7, 11) is -3.32. The first-order valence-corrected chi connectivity index (χ1v) is 11.9. The van der Waals surface area contributed by atoms with Crippen LogP contribution in [-0.4, -0.2) is 39.3 Å². The molecule has 0 saturated carbocycles. The van der Waals surface area contributed by atoms with Crippen LogP contribution in [0.25, 0.3) is 0 Å². The van der Waals surface area contributed by atoms with E-state index >= 15 is 0 Å². The minimum absolute atomic E-state index is 0.135. The van der Waals surface area contributed by atoms with Gasteiger partial charge in [0.05, 0.1) is 25.0 Å². The molecule has 1 heterocycles. The highest BCUT2D eigenvalue weighted by molar-refractivity contribution is 7.94. The third kappa shape index (κ3) is 5.42. The molecule has 0 N–H and O–H groups in total. The smallest absolute Gasteiger partial charge is 0.258 e. The molecular weight excluding hydrogens is 402 g/mol. The number of amides is 1. The summed E-state index contributed by atoms with van der Waals surface area (Å²) >= 11 is 0. The van der Waals surface area contributed by atoms with Crippen molar-refractivity contribution in [3.63, 3.8) is 0 Å². The summed E-state index contributed by atoms with van der Waals surface area (Å²) in [5, 5.41) is 1.18. The third-order valence-electron chi connectivity index (χ3n) is 4.76. The lowest BCUT2D eigenvalue weighted by molar-refractivity contribution is 0.0983. The van der Waals surface area contributed by atoms with Gasteiger partial charge < -0.3 is 14.4 Å². The Labute approximate surface area is 178 Å². The number of sulfone groups is 1. The van der Waals surface area contributed by atoms with E-state index in [1.807, 2.05) is 6.92 Å². The van der Waals surface area contributed by atoms with E-state index in [9.17, 15) is 13.2 Å². The summed E-state index contributed by atoms with van der Waals surface area (Å²) in [6.07, 6.45) is 3.58. The zero-order chi connectivity index (χ0) is 21.6. The van der Waals surface area contributed by atoms with Crippen LogP contribution in [0.3, 0.4) is 0 Å². The van der Waals surface area contributed by atoms with E-state index in [1.54, 1.807) is 54.6 Å². The van der Waals surface area contributed by atoms with Crippen molar-refractivity contribution in [1.29, 1.82) is 0 Å². The maximum atomic E-state index is 13.4. The lowest BCUT2D eigenvalue weighted by Gasteiger charge is -2.28. The SMILES string of the molecule is CCCCOc1ccc(C(=O)N(c2ccc(OCC)cc2)C2C=CS(=O)(=O)C2)cc1. The zero-order valence-corrected chi connectivity index (χ0v) is 18.1. The van der Waals surface area contributed by atoms with E-state index in [4.69, 9.17) is 9.47 Å². The van der Waals surface area contributed by atoms with Crippen molar-refractivity contribution in [1.82, 2.24) is 0 Å². The molecule has 0 fully saturated rings. The molecule has 2 aromatic carbocycles. The molecule has 7 heteroatoms. The topological polar surface area (TPSA) is 72.9 Å². The molecule has 2 aromatic rings. The quantitative estimate of drug-likeness (QED) is 0.558. The van der Waals surface area contributed by atoms with Crippen LogP contribution >= 0.6 is 0 Å². The molecule has 1 unspecified atom stereocenters. The summed E-state index contributed by atoms with van der Waals surface area (Å²) in [5.74, 6) is 0.989. The summed E-state index contributed by atoms with van der Waals surface area (Å²) in [4.78, 5) is 14.9. The van der Waals surface area contributed by atoms with Gasteiger partial charge in [0.15, 0.2) is 9.84 Å². The average Bonchev–Trinajstić information content (AvgIpc) is 3.09. The second-order valence-electron chi connectivity index (χ2n) is 7.05. The van der Waals surface area contributed by atoms with Crippen LogP contribution in [-0.2, 0) is 9.84 Å². The Morgan fingerprint density at radius 2 is 1.63 bits per heavy atom. The Balaban J connectivity index is 1.86. The molecule has 6 nitrogen and oxygen atoms in total. The fourth-order valence-corrected chi connectivity index (χ4v) is 4.48. The highest BCUT2D eigenvalue weighted by atomic mass is 32.2. The van der Waals surface area contributed by atoms with E-state index in [-0.39, 0.29) is 11.7 Å². The van der Waals surface area contributed by atoms with Crippen molar-refractivity contribution in [2.24, 2.45) is 0 Å². The third-order valence-corrected chi connectivity index (χ3v) is 6.13. The number of hydrogen-bond acceptors (Lipinski definition) is 5. The van der Waals surface area contributed by atoms with E-state index in [0.717, 1.165) is 12.8 Å². The van der Waals surface area contributed by atoms with E-state index in [1.165, 1.54) is 10.3 Å². The van der Waals surface area contributed by atoms with Gasteiger partial charge in [0.2, 0.25) is 0 Å². The fraction of sp³-hybridized carbons (Fsp3) is 0.348. The molecule has 0 spiro atoms. The van der Waals surface area contributed by atoms with Gasteiger partial charge in [0.1, 0.15) is 11.5 Å². The molecule has 1 atom stereocenters. The molecule has 1 amide bonds. The summed E-state index contributed by atoms with van der Waals surface area (Å²) < 4.78 is 35.1. The molecule has 3 rings (SSSR count). The molecule has 160 valence electrons. The van der Waals surface area contributed by atoms with Gasteiger partial charge in [0.25, 0.3) is 5.91 Å². The predicted molar refractivity (Wildman–Crippen MR) is 118 cm³/mol. The van der Waals surface area contributed by atoms with Crippen LogP contribution in [0.15, 0.2) is 60.0 Å². The highest BCUT2D eigenvalue weighted by Crippen LogP contribution is 2.27. The minimum Gasteiger partial charge on any atom is -0.494 e. The van der Waals surface area contributed by atoms with Crippen LogP contribution in [0, 0.1) is 0 Å². The maximum absolute atomic E-state index is 13.4. The Kier molecular flexibility index (Phi) is 7.15. The van der Waals surface area contributed by atoms with Crippen molar-refractivity contribution in [2.75, 3.05) is 23.9 Å². The lowest BCUT2D eigenvalue weighted by atomic mass is 10.1. The Morgan fingerprint density at radius 1 is 1.00 bits per heavy atom. The van der Waals surface area contributed by atoms with Gasteiger partial charge in [-0.25, -0.2) is 8.42 Å². The van der Waals surface area contributed by atoms with Crippen LogP contribution in [0.2, 0.25) is 0 Å². The first kappa shape index (κ1) is 21.9. The first-order valence-electron chi connectivity index (χ1n) is 10.1. The van der Waals surface area contributed by atoms with E-state index in [2.05, 4.69) is 6.92 Å². The van der Waals surface area contributed by atoms with Gasteiger partial charge in [0, 0.05) is 16.7 Å². The Morgan fingerprint density at radius 3 is 2.20 bits per heavy atom. The number of anilines is 1. The number of hydrogen-bond donors (Lipinski definition) is 0. The number of nitrogens with zero attached hydrogens (tertiary/aromatic N) is 1. The molecule has 0 bridgehead atoms. The zero-order valence-electron chi connectivity index (χ0n) is 17.3. The van der Waals surface area contributed by atoms with Crippen LogP contribution in [0.4, 0.5) is 5.69 Å². The van der Waals surface area contributed by atoms with E-state index in [0.29, 0.717) is 36.0 Å². The van der Waals surface area contributed by atoms with E-state index < -0.39 is 15.9 Å². The van der Waals surface area contributed by atoms with Gasteiger partial charge >= 0.3 is 0 Å². The highest BCUT2D eigenvalue weighted by Gasteiger charge is 2.32. The van der Waals surface area contributed by atoms with Gasteiger partial charge in [-0.15, -0.1) is 0 Å². The first-order chi connectivity index (χ1) is 14.4. The van der Waals surface area contributed by atoms with Crippen molar-refractivity contribution >= 4 is 21.4 Å². The number of carbonyl (C=O) groups is 1. The summed E-state index contributed by atoms with van der Waals surface area (Å²) in [6.45, 7) is 5.16. The molecule has 1 aliphatic heterocycles. The second kappa shape index (κ2) is 9.80. The van der Waals surface area contributed by atoms with Crippen molar-refractivity contribution in [2.45, 2.75) is 32.7 Å². The second-order valence-corrected chi connectivity index (χ2v) is 8.99. The average molecular weight is 430 g/mol. The normalized spacial score (nSPS) is 16.9. The van der Waals surface area contributed by atoms with Crippen LogP contribution in [0.1, 0.15) is 37.0 Å². The summed E-state index contributed by atoms with van der Waals surface area (Å²) in [6, 6.07) is 13.5. The van der Waals surface area contributed by atoms with Gasteiger partial charge in [-0.05, 0) is 68.0 Å². The monoisotopic (exact) mass is 429 g/mol. The number of unbranched alkanes of at least 4 members (excludes halogenated alkanes) is 1. The van der Waals surface area contributed by atoms with Gasteiger partial charge in [-0.3, -0.25) is 4.79 Å². The van der Waals surface area contributed by atoms with Gasteiger partial charge in [-0.1, -0.05) is 13.3 Å². The molecule has 1 aliphatic rings. The number of carbonyl (C=O) groups excluding carboxylic acids is 1. The largest absolute Gasteiger partial charge is 0.494 e. The number of benzene rings is 2. The van der Waals surface area contributed by atoms with Crippen molar-refractivity contribution in [3.05, 3.63) is 65.6 Å². The van der Waals surface area contributed by atoms with Gasteiger partial charge in [-0.2, -0.15) is 0 Å². The minimum atomic E-state index is -3.32. The number of rotatable bonds is 9. The molecule has 30 heavy (non-hydrogen) atoms. The fourth-order valence-electron chi connectivity index (χ4n) is 3.22. The standard InChI is InChI=1S/C23H27NO5S/c1-3-5-15-29-22-10-6-18(7-11-22)23(25)24(20-14-16-30(26,27)17-20)19-8-12-21(13-9-19)28-4-2/h6-14,16,20H,3-5,15,17H2,1-2H3. The molecule has 0 aromatic heterocycles. The van der Waals surface area contributed by atoms with Crippen LogP contribution in [0.5, 0.6) is 11.5 Å². The lowest BCUT2D eigenvalue weighted by Crippen LogP contribution is -2.41. The predicted octanol–water partition coefficient (Wildman–Crippen LogP) is 4.22. The Bertz CT molecular complexity index is 981. The van der Waals surface area contributed by atoms with Crippen molar-refractivity contribution in [3.8, 4) is 11.5 Å². The molecule has 0 radical (unpaired) electrons. The summed E-state index contributed by atoms with van der Waals surface area (Å²) in [5.41, 5.74) is 1.07. The molecule has 0 aliphatic carbocycles. The van der Waals surface area contributed by atoms with Crippen LogP contribution < -0.4 is 14.4 Å². The molecular formula is C23H27NO5S. The molecule has 0 saturated heterocycles.